The van der Waals surface area contributed by atoms with Gasteiger partial charge in [0.15, 0.2) is 0 Å². The highest BCUT2D eigenvalue weighted by atomic mass is 16.5. The third kappa shape index (κ3) is 3.80. The number of anilines is 2. The Hall–Kier alpha value is -3.26. The van der Waals surface area contributed by atoms with E-state index < -0.39 is 0 Å². The Balaban J connectivity index is 1.52. The number of benzene rings is 1. The smallest absolute Gasteiger partial charge is 0.275 e. The summed E-state index contributed by atoms with van der Waals surface area (Å²) in [6, 6.07) is 13.3. The van der Waals surface area contributed by atoms with Crippen molar-refractivity contribution in [2.75, 3.05) is 36.5 Å². The van der Waals surface area contributed by atoms with Crippen LogP contribution < -0.4 is 10.2 Å². The molecule has 138 valence electrons. The number of hydrogen-bond donors (Lipinski definition) is 1. The third-order valence-electron chi connectivity index (χ3n) is 4.41. The van der Waals surface area contributed by atoms with E-state index in [-0.39, 0.29) is 5.91 Å². The molecule has 1 aliphatic rings. The van der Waals surface area contributed by atoms with Gasteiger partial charge in [-0.05, 0) is 6.07 Å². The summed E-state index contributed by atoms with van der Waals surface area (Å²) in [5.74, 6) is 0.969. The predicted molar refractivity (Wildman–Crippen MR) is 102 cm³/mol. The number of nitrogens with zero attached hydrogens (tertiary/aromatic N) is 5. The van der Waals surface area contributed by atoms with Crippen LogP contribution in [0.1, 0.15) is 10.5 Å². The van der Waals surface area contributed by atoms with Crippen molar-refractivity contribution in [1.29, 1.82) is 0 Å². The number of carbonyl (C=O) groups excluding carboxylic acids is 1. The molecule has 3 aromatic rings. The van der Waals surface area contributed by atoms with Crippen molar-refractivity contribution in [2.45, 2.75) is 0 Å². The maximum Gasteiger partial charge on any atom is 0.275 e. The number of aromatic nitrogens is 4. The van der Waals surface area contributed by atoms with E-state index in [4.69, 9.17) is 4.74 Å². The van der Waals surface area contributed by atoms with Gasteiger partial charge in [0.1, 0.15) is 23.7 Å². The molecule has 0 aliphatic carbocycles. The van der Waals surface area contributed by atoms with Crippen LogP contribution in [0, 0.1) is 0 Å². The molecule has 1 aromatic carbocycles. The number of hydrogen-bond acceptors (Lipinski definition) is 6. The molecule has 8 heteroatoms. The Morgan fingerprint density at radius 2 is 1.89 bits per heavy atom. The Morgan fingerprint density at radius 1 is 1.11 bits per heavy atom. The second-order valence-corrected chi connectivity index (χ2v) is 6.22. The fraction of sp³-hybridized carbons (Fsp3) is 0.263. The maximum absolute atomic E-state index is 12.7. The quantitative estimate of drug-likeness (QED) is 0.762. The zero-order valence-corrected chi connectivity index (χ0v) is 15.0. The van der Waals surface area contributed by atoms with E-state index in [1.54, 1.807) is 23.9 Å². The van der Waals surface area contributed by atoms with Gasteiger partial charge >= 0.3 is 0 Å². The average molecular weight is 364 g/mol. The van der Waals surface area contributed by atoms with E-state index in [1.165, 1.54) is 6.33 Å². The highest BCUT2D eigenvalue weighted by Crippen LogP contribution is 2.20. The highest BCUT2D eigenvalue weighted by Gasteiger charge is 2.17. The van der Waals surface area contributed by atoms with Gasteiger partial charge in [0, 0.05) is 31.8 Å². The van der Waals surface area contributed by atoms with Crippen molar-refractivity contribution in [3.63, 3.8) is 0 Å². The van der Waals surface area contributed by atoms with Gasteiger partial charge in [0.2, 0.25) is 0 Å². The second kappa shape index (κ2) is 7.55. The second-order valence-electron chi connectivity index (χ2n) is 6.22. The average Bonchev–Trinajstić information content (AvgIpc) is 3.11. The standard InChI is InChI=1S/C19H20N6O2/c1-24-16(11-15(23-24)14-5-3-2-4-6-14)19(26)22-17-12-18(21-13-20-17)25-7-9-27-10-8-25/h2-6,11-13H,7-10H2,1H3,(H,20,21,22,26). The summed E-state index contributed by atoms with van der Waals surface area (Å²) < 4.78 is 6.93. The molecule has 1 N–H and O–H groups in total. The normalized spacial score (nSPS) is 14.2. The fourth-order valence-corrected chi connectivity index (χ4v) is 2.99. The summed E-state index contributed by atoms with van der Waals surface area (Å²) in [5, 5.41) is 7.27. The first kappa shape index (κ1) is 17.2. The third-order valence-corrected chi connectivity index (χ3v) is 4.41. The molecular formula is C19H20N6O2. The molecule has 8 nitrogen and oxygen atoms in total. The number of nitrogens with one attached hydrogen (secondary N) is 1. The Bertz CT molecular complexity index is 934. The van der Waals surface area contributed by atoms with E-state index >= 15 is 0 Å². The predicted octanol–water partition coefficient (Wildman–Crippen LogP) is 1.97. The molecule has 0 bridgehead atoms. The molecule has 27 heavy (non-hydrogen) atoms. The number of rotatable bonds is 4. The first-order valence-corrected chi connectivity index (χ1v) is 8.76. The molecule has 3 heterocycles. The summed E-state index contributed by atoms with van der Waals surface area (Å²) in [5.41, 5.74) is 2.17. The van der Waals surface area contributed by atoms with Crippen LogP contribution in [0.15, 0.2) is 48.8 Å². The van der Waals surface area contributed by atoms with Gasteiger partial charge in [-0.25, -0.2) is 9.97 Å². The summed E-state index contributed by atoms with van der Waals surface area (Å²) >= 11 is 0. The topological polar surface area (TPSA) is 85.2 Å². The van der Waals surface area contributed by atoms with Crippen LogP contribution in [-0.2, 0) is 11.8 Å². The minimum absolute atomic E-state index is 0.265. The zero-order chi connectivity index (χ0) is 18.6. The molecule has 4 rings (SSSR count). The van der Waals surface area contributed by atoms with Gasteiger partial charge in [-0.1, -0.05) is 30.3 Å². The van der Waals surface area contributed by atoms with Crippen molar-refractivity contribution >= 4 is 17.5 Å². The largest absolute Gasteiger partial charge is 0.378 e. The zero-order valence-electron chi connectivity index (χ0n) is 15.0. The van der Waals surface area contributed by atoms with Crippen LogP contribution in [-0.4, -0.2) is 52.0 Å². The van der Waals surface area contributed by atoms with Gasteiger partial charge in [0.05, 0.1) is 18.9 Å². The molecule has 0 atom stereocenters. The van der Waals surface area contributed by atoms with Gasteiger partial charge in [-0.3, -0.25) is 9.48 Å². The fourth-order valence-electron chi connectivity index (χ4n) is 2.99. The maximum atomic E-state index is 12.7. The lowest BCUT2D eigenvalue weighted by molar-refractivity contribution is 0.101. The Labute approximate surface area is 156 Å². The number of carbonyl (C=O) groups is 1. The number of morpholine rings is 1. The molecule has 1 saturated heterocycles. The van der Waals surface area contributed by atoms with E-state index in [9.17, 15) is 4.79 Å². The van der Waals surface area contributed by atoms with E-state index in [2.05, 4.69) is 25.3 Å². The van der Waals surface area contributed by atoms with Crippen molar-refractivity contribution in [1.82, 2.24) is 19.7 Å². The van der Waals surface area contributed by atoms with Crippen LogP contribution in [0.25, 0.3) is 11.3 Å². The van der Waals surface area contributed by atoms with Crippen LogP contribution >= 0.6 is 0 Å². The van der Waals surface area contributed by atoms with Crippen LogP contribution in [0.4, 0.5) is 11.6 Å². The van der Waals surface area contributed by atoms with Crippen LogP contribution in [0.2, 0.25) is 0 Å². The number of ether oxygens (including phenoxy) is 1. The minimum atomic E-state index is -0.265. The van der Waals surface area contributed by atoms with Crippen molar-refractivity contribution in [3.05, 3.63) is 54.5 Å². The highest BCUT2D eigenvalue weighted by molar-refractivity contribution is 6.03. The van der Waals surface area contributed by atoms with E-state index in [0.717, 1.165) is 30.2 Å². The lowest BCUT2D eigenvalue weighted by Gasteiger charge is -2.27. The Morgan fingerprint density at radius 3 is 2.67 bits per heavy atom. The lowest BCUT2D eigenvalue weighted by atomic mass is 10.1. The monoisotopic (exact) mass is 364 g/mol. The summed E-state index contributed by atoms with van der Waals surface area (Å²) in [4.78, 5) is 23.3. The van der Waals surface area contributed by atoms with Crippen molar-refractivity contribution < 1.29 is 9.53 Å². The summed E-state index contributed by atoms with van der Waals surface area (Å²) in [6.45, 7) is 2.88. The van der Waals surface area contributed by atoms with Gasteiger partial charge in [-0.15, -0.1) is 0 Å². The van der Waals surface area contributed by atoms with Crippen LogP contribution in [0.5, 0.6) is 0 Å². The molecule has 1 aliphatic heterocycles. The van der Waals surface area contributed by atoms with Crippen LogP contribution in [0.3, 0.4) is 0 Å². The van der Waals surface area contributed by atoms with E-state index in [1.807, 2.05) is 30.3 Å². The molecule has 0 spiro atoms. The minimum Gasteiger partial charge on any atom is -0.378 e. The molecule has 1 amide bonds. The van der Waals surface area contributed by atoms with Gasteiger partial charge < -0.3 is 15.0 Å². The van der Waals surface area contributed by atoms with Gasteiger partial charge in [0.25, 0.3) is 5.91 Å². The first-order valence-electron chi connectivity index (χ1n) is 8.76. The van der Waals surface area contributed by atoms with Crippen molar-refractivity contribution in [3.8, 4) is 11.3 Å². The first-order chi connectivity index (χ1) is 13.2. The Kier molecular flexibility index (Phi) is 4.80. The van der Waals surface area contributed by atoms with E-state index in [0.29, 0.717) is 24.7 Å². The molecule has 1 fully saturated rings. The molecule has 0 unspecified atom stereocenters. The summed E-state index contributed by atoms with van der Waals surface area (Å²) in [6.07, 6.45) is 1.46. The summed E-state index contributed by atoms with van der Waals surface area (Å²) in [7, 11) is 1.75. The lowest BCUT2D eigenvalue weighted by Crippen LogP contribution is -2.36. The number of aryl methyl sites for hydroxylation is 1. The SMILES string of the molecule is Cn1nc(-c2ccccc2)cc1C(=O)Nc1cc(N2CCOCC2)ncn1. The molecular weight excluding hydrogens is 344 g/mol. The molecule has 2 aromatic heterocycles. The van der Waals surface area contributed by atoms with Gasteiger partial charge in [-0.2, -0.15) is 5.10 Å². The molecule has 0 radical (unpaired) electrons. The number of amides is 1. The van der Waals surface area contributed by atoms with Crippen molar-refractivity contribution in [2.24, 2.45) is 7.05 Å². The molecule has 0 saturated carbocycles.